The number of aromatic nitrogens is 4. The van der Waals surface area contributed by atoms with Gasteiger partial charge in [0.2, 0.25) is 11.8 Å². The first-order valence-corrected chi connectivity index (χ1v) is 24.8. The number of nitrogens with zero attached hydrogens (tertiary/aromatic N) is 6. The van der Waals surface area contributed by atoms with Gasteiger partial charge in [-0.25, -0.2) is 9.65 Å². The first kappa shape index (κ1) is 47.7. The van der Waals surface area contributed by atoms with E-state index in [2.05, 4.69) is 52.2 Å². The molecular weight excluding hydrogens is 922 g/mol. The Kier molecular flexibility index (Phi) is 14.2. The fourth-order valence-corrected chi connectivity index (χ4v) is 11.8. The third-order valence-corrected chi connectivity index (χ3v) is 15.1. The van der Waals surface area contributed by atoms with Crippen LogP contribution < -0.4 is 24.3 Å². The molecule has 16 nitrogen and oxygen atoms in total. The van der Waals surface area contributed by atoms with Crippen LogP contribution in [0.25, 0.3) is 11.2 Å². The van der Waals surface area contributed by atoms with E-state index in [0.717, 1.165) is 41.6 Å². The van der Waals surface area contributed by atoms with Gasteiger partial charge in [-0.1, -0.05) is 103 Å². The zero-order valence-electron chi connectivity index (χ0n) is 39.6. The zero-order valence-corrected chi connectivity index (χ0v) is 40.5. The van der Waals surface area contributed by atoms with Crippen molar-refractivity contribution < 1.29 is 42.3 Å². The number of anilines is 1. The molecule has 71 heavy (non-hydrogen) atoms. The lowest BCUT2D eigenvalue weighted by Crippen LogP contribution is -2.38. The van der Waals surface area contributed by atoms with Crippen molar-refractivity contribution >= 4 is 31.5 Å². The van der Waals surface area contributed by atoms with Gasteiger partial charge in [0.1, 0.15) is 47.4 Å². The summed E-state index contributed by atoms with van der Waals surface area (Å²) in [6.45, 7) is 2.84. The first-order chi connectivity index (χ1) is 34.8. The second-order valence-electron chi connectivity index (χ2n) is 17.5. The largest absolute Gasteiger partial charge is 0.497 e. The molecule has 0 saturated carbocycles. The number of hydrogen-bond donors (Lipinski definition) is 1. The van der Waals surface area contributed by atoms with Crippen LogP contribution in [0.3, 0.4) is 0 Å². The maximum Gasteiger partial charge on any atom is 0.264 e. The van der Waals surface area contributed by atoms with E-state index >= 15 is 0 Å². The van der Waals surface area contributed by atoms with Crippen molar-refractivity contribution in [1.29, 1.82) is 5.26 Å². The van der Waals surface area contributed by atoms with E-state index in [4.69, 9.17) is 47.4 Å². The molecule has 7 aromatic rings. The molecule has 3 unspecified atom stereocenters. The van der Waals surface area contributed by atoms with Gasteiger partial charge in [-0.05, 0) is 78.4 Å². The zero-order chi connectivity index (χ0) is 48.8. The minimum Gasteiger partial charge on any atom is -0.497 e. The minimum absolute atomic E-state index is 0.0340. The van der Waals surface area contributed by atoms with Gasteiger partial charge in [-0.3, -0.25) is 14.7 Å². The fraction of sp³-hybridized carbons (Fsp3) is 0.315. The van der Waals surface area contributed by atoms with Gasteiger partial charge in [0, 0.05) is 13.0 Å². The van der Waals surface area contributed by atoms with Crippen LogP contribution >= 0.6 is 8.53 Å². The van der Waals surface area contributed by atoms with E-state index in [-0.39, 0.29) is 44.1 Å². The molecule has 1 N–H and O–H groups in total. The second kappa shape index (κ2) is 21.2. The molecular formula is C54H54N7O9P. The summed E-state index contributed by atoms with van der Waals surface area (Å²) in [5.41, 5.74) is 2.67. The predicted octanol–water partition coefficient (Wildman–Crippen LogP) is 9.47. The molecule has 3 saturated heterocycles. The van der Waals surface area contributed by atoms with Gasteiger partial charge in [0.05, 0.1) is 51.8 Å². The summed E-state index contributed by atoms with van der Waals surface area (Å²) < 4.78 is 56.0. The maximum atomic E-state index is 13.3. The lowest BCUT2D eigenvalue weighted by molar-refractivity contribution is -0.118. The van der Waals surface area contributed by atoms with Gasteiger partial charge in [0.15, 0.2) is 17.8 Å². The number of hydrogen-bond acceptors (Lipinski definition) is 14. The van der Waals surface area contributed by atoms with Crippen molar-refractivity contribution in [2.75, 3.05) is 45.9 Å². The molecule has 364 valence electrons. The van der Waals surface area contributed by atoms with Crippen molar-refractivity contribution in [2.24, 2.45) is 0 Å². The number of carbonyl (C=O) groups is 1. The SMILES string of the molecule is COc1ccc(C(OCC2OC(n3cnc4c(OCCC#N)nc(NC(=O)COc5ccccc5)nc43)CC2O[P@@]2O[C@](C)(c3ccccc3)[C@@H]3CCCN32)(c2ccccc2)c2ccc(OC)cc2)cc1. The van der Waals surface area contributed by atoms with Crippen LogP contribution in [0.5, 0.6) is 23.1 Å². The van der Waals surface area contributed by atoms with Gasteiger partial charge < -0.3 is 37.5 Å². The smallest absolute Gasteiger partial charge is 0.264 e. The van der Waals surface area contributed by atoms with Crippen molar-refractivity contribution in [3.8, 4) is 29.2 Å². The number of ether oxygens (including phenoxy) is 6. The van der Waals surface area contributed by atoms with E-state index in [0.29, 0.717) is 34.8 Å². The average Bonchev–Trinajstić information content (AvgIpc) is 4.23. The van der Waals surface area contributed by atoms with E-state index in [1.807, 2.05) is 103 Å². The number of fused-ring (bicyclic) bond motifs is 2. The molecule has 5 aromatic carbocycles. The number of carbonyl (C=O) groups excluding carboxylic acids is 1. The molecule has 3 fully saturated rings. The van der Waals surface area contributed by atoms with Gasteiger partial charge >= 0.3 is 0 Å². The molecule has 0 radical (unpaired) electrons. The molecule has 0 spiro atoms. The van der Waals surface area contributed by atoms with E-state index < -0.39 is 44.1 Å². The Morgan fingerprint density at radius 3 is 2.15 bits per heavy atom. The van der Waals surface area contributed by atoms with E-state index in [1.165, 1.54) is 0 Å². The molecule has 3 aliphatic heterocycles. The Morgan fingerprint density at radius 1 is 0.845 bits per heavy atom. The average molecular weight is 976 g/mol. The lowest BCUT2D eigenvalue weighted by Gasteiger charge is -2.37. The highest BCUT2D eigenvalue weighted by Crippen LogP contribution is 2.64. The molecule has 17 heteroatoms. The third-order valence-electron chi connectivity index (χ3n) is 13.2. The van der Waals surface area contributed by atoms with Crippen molar-refractivity contribution in [2.45, 2.75) is 68.3 Å². The summed E-state index contributed by atoms with van der Waals surface area (Å²) in [5, 5.41) is 12.1. The normalized spacial score (nSPS) is 21.9. The molecule has 0 bridgehead atoms. The quantitative estimate of drug-likeness (QED) is 0.0461. The van der Waals surface area contributed by atoms with Gasteiger partial charge in [-0.15, -0.1) is 0 Å². The second-order valence-corrected chi connectivity index (χ2v) is 18.9. The van der Waals surface area contributed by atoms with Crippen LogP contribution in [0.15, 0.2) is 146 Å². The minimum atomic E-state index is -1.56. The number of amides is 1. The maximum absolute atomic E-state index is 13.3. The number of nitriles is 1. The Bertz CT molecular complexity index is 2900. The first-order valence-electron chi connectivity index (χ1n) is 23.6. The topological polar surface area (TPSA) is 174 Å². The molecule has 2 aromatic heterocycles. The summed E-state index contributed by atoms with van der Waals surface area (Å²) in [5.74, 6) is 1.54. The molecule has 10 rings (SSSR count). The van der Waals surface area contributed by atoms with E-state index in [1.54, 1.807) is 37.2 Å². The molecule has 0 aliphatic carbocycles. The Morgan fingerprint density at radius 2 is 1.49 bits per heavy atom. The van der Waals surface area contributed by atoms with E-state index in [9.17, 15) is 10.1 Å². The van der Waals surface area contributed by atoms with Crippen LogP contribution in [0.1, 0.15) is 61.1 Å². The van der Waals surface area contributed by atoms with Crippen molar-refractivity contribution in [1.82, 2.24) is 24.2 Å². The molecule has 5 heterocycles. The number of para-hydroxylation sites is 1. The van der Waals surface area contributed by atoms with Gasteiger partial charge in [-0.2, -0.15) is 15.2 Å². The lowest BCUT2D eigenvalue weighted by atomic mass is 9.80. The number of imidazole rings is 1. The number of methoxy groups -OCH3 is 2. The standard InChI is InChI=1S/C54H54N7O9P/c1-53(37-15-7-4-8-16-37)46-21-13-31-61(46)71(70-53)69-44-33-48(60-36-56-49-50(60)58-52(59-51(49)65-32-14-30-55)57-47(62)35-66-43-19-11-6-12-20-43)68-45(44)34-67-54(38-17-9-5-10-18-38,39-22-26-41(63-2)27-23-39)40-24-28-42(64-3)29-25-40/h4-12,15-20,22-29,36,44-46,48H,13-14,21,31-35H2,1-3H3,(H,57,58,59,62)/t44?,45?,46-,48?,53+,71-/m0/s1. The van der Waals surface area contributed by atoms with Gasteiger partial charge in [0.25, 0.3) is 14.4 Å². The summed E-state index contributed by atoms with van der Waals surface area (Å²) in [6.07, 6.45) is 2.18. The highest BCUT2D eigenvalue weighted by atomic mass is 31.2. The Balaban J connectivity index is 1.02. The van der Waals surface area contributed by atoms with Crippen LogP contribution in [-0.4, -0.2) is 88.9 Å². The van der Waals surface area contributed by atoms with Crippen LogP contribution in [0.2, 0.25) is 0 Å². The highest BCUT2D eigenvalue weighted by Gasteiger charge is 2.56. The molecule has 1 amide bonds. The van der Waals surface area contributed by atoms with Crippen LogP contribution in [0, 0.1) is 11.3 Å². The molecule has 6 atom stereocenters. The monoisotopic (exact) mass is 975 g/mol. The highest BCUT2D eigenvalue weighted by molar-refractivity contribution is 7.45. The number of nitrogens with one attached hydrogen (secondary N) is 1. The summed E-state index contributed by atoms with van der Waals surface area (Å²) in [7, 11) is 1.73. The van der Waals surface area contributed by atoms with Crippen molar-refractivity contribution in [3.63, 3.8) is 0 Å². The summed E-state index contributed by atoms with van der Waals surface area (Å²) in [6, 6.07) is 47.5. The predicted molar refractivity (Wildman–Crippen MR) is 265 cm³/mol. The number of rotatable bonds is 19. The Hall–Kier alpha value is -6.96. The van der Waals surface area contributed by atoms with Crippen molar-refractivity contribution in [3.05, 3.63) is 168 Å². The fourth-order valence-electron chi connectivity index (χ4n) is 9.69. The Labute approximate surface area is 413 Å². The third kappa shape index (κ3) is 9.77. The van der Waals surface area contributed by atoms with Crippen LogP contribution in [0.4, 0.5) is 5.95 Å². The molecule has 3 aliphatic rings. The summed E-state index contributed by atoms with van der Waals surface area (Å²) in [4.78, 5) is 27.3. The number of benzene rings is 5. The summed E-state index contributed by atoms with van der Waals surface area (Å²) >= 11 is 0. The van der Waals surface area contributed by atoms with Crippen LogP contribution in [-0.2, 0) is 34.5 Å².